The van der Waals surface area contributed by atoms with Crippen LogP contribution in [0.3, 0.4) is 0 Å². The molecule has 0 aliphatic rings. The average molecular weight is 367 g/mol. The quantitative estimate of drug-likeness (QED) is 0.591. The van der Waals surface area contributed by atoms with Crippen molar-refractivity contribution in [3.05, 3.63) is 59.9 Å². The molecule has 0 aliphatic heterocycles. The van der Waals surface area contributed by atoms with Gasteiger partial charge in [0.05, 0.1) is 24.8 Å². The molecule has 6 heteroatoms. The van der Waals surface area contributed by atoms with Gasteiger partial charge in [0.2, 0.25) is 0 Å². The van der Waals surface area contributed by atoms with Crippen LogP contribution in [-0.2, 0) is 17.7 Å². The van der Waals surface area contributed by atoms with Crippen LogP contribution in [0.25, 0.3) is 11.0 Å². The summed E-state index contributed by atoms with van der Waals surface area (Å²) in [5, 5.41) is 2.96. The summed E-state index contributed by atoms with van der Waals surface area (Å²) in [7, 11) is 1.59. The van der Waals surface area contributed by atoms with Gasteiger partial charge in [-0.1, -0.05) is 18.2 Å². The van der Waals surface area contributed by atoms with Crippen LogP contribution < -0.4 is 10.1 Å². The lowest BCUT2D eigenvalue weighted by atomic mass is 10.2. The Balaban J connectivity index is 1.67. The van der Waals surface area contributed by atoms with E-state index in [1.165, 1.54) is 0 Å². The molecule has 1 amide bonds. The first-order valence-electron chi connectivity index (χ1n) is 9.17. The Kier molecular flexibility index (Phi) is 6.44. The summed E-state index contributed by atoms with van der Waals surface area (Å²) >= 11 is 0. The molecule has 1 N–H and O–H groups in total. The summed E-state index contributed by atoms with van der Waals surface area (Å²) in [5.74, 6) is 1.49. The molecule has 1 aromatic heterocycles. The summed E-state index contributed by atoms with van der Waals surface area (Å²) in [6, 6.07) is 15.2. The number of amides is 1. The highest BCUT2D eigenvalue weighted by Crippen LogP contribution is 2.16. The maximum atomic E-state index is 12.4. The number of methoxy groups -OCH3 is 1. The third-order valence-electron chi connectivity index (χ3n) is 4.36. The highest BCUT2D eigenvalue weighted by molar-refractivity contribution is 5.94. The van der Waals surface area contributed by atoms with E-state index in [0.717, 1.165) is 23.4 Å². The molecule has 6 nitrogen and oxygen atoms in total. The molecule has 3 aromatic rings. The largest absolute Gasteiger partial charge is 0.497 e. The molecule has 0 fully saturated rings. The monoisotopic (exact) mass is 367 g/mol. The van der Waals surface area contributed by atoms with E-state index in [1.807, 2.05) is 31.2 Å². The lowest BCUT2D eigenvalue weighted by Gasteiger charge is -2.10. The molecule has 0 radical (unpaired) electrons. The van der Waals surface area contributed by atoms with Gasteiger partial charge in [0.25, 0.3) is 5.91 Å². The number of para-hydroxylation sites is 2. The first-order chi connectivity index (χ1) is 13.2. The summed E-state index contributed by atoms with van der Waals surface area (Å²) in [5.41, 5.74) is 2.63. The number of carbonyl (C=O) groups excluding carboxylic acids is 1. The van der Waals surface area contributed by atoms with Gasteiger partial charge in [0, 0.05) is 31.7 Å². The van der Waals surface area contributed by atoms with Crippen LogP contribution >= 0.6 is 0 Å². The second kappa shape index (κ2) is 9.19. The van der Waals surface area contributed by atoms with E-state index in [0.29, 0.717) is 37.5 Å². The lowest BCUT2D eigenvalue weighted by Crippen LogP contribution is -2.26. The first kappa shape index (κ1) is 18.9. The van der Waals surface area contributed by atoms with Crippen LogP contribution in [0.1, 0.15) is 23.1 Å². The number of fused-ring (bicyclic) bond motifs is 1. The minimum absolute atomic E-state index is 0.120. The Bertz CT molecular complexity index is 905. The predicted molar refractivity (Wildman–Crippen MR) is 105 cm³/mol. The third-order valence-corrected chi connectivity index (χ3v) is 4.36. The van der Waals surface area contributed by atoms with Crippen LogP contribution in [0.2, 0.25) is 0 Å². The molecule has 27 heavy (non-hydrogen) atoms. The predicted octanol–water partition coefficient (Wildman–Crippen LogP) is 3.05. The number of rotatable bonds is 9. The molecule has 0 bridgehead atoms. The molecular formula is C21H25N3O3. The van der Waals surface area contributed by atoms with E-state index in [9.17, 15) is 4.79 Å². The lowest BCUT2D eigenvalue weighted by molar-refractivity contribution is 0.0953. The van der Waals surface area contributed by atoms with Crippen molar-refractivity contribution in [2.75, 3.05) is 26.9 Å². The number of hydrogen-bond acceptors (Lipinski definition) is 4. The Labute approximate surface area is 159 Å². The topological polar surface area (TPSA) is 65.4 Å². The second-order valence-corrected chi connectivity index (χ2v) is 6.10. The number of benzene rings is 2. The van der Waals surface area contributed by atoms with Crippen molar-refractivity contribution in [2.45, 2.75) is 19.9 Å². The maximum absolute atomic E-state index is 12.4. The third kappa shape index (κ3) is 4.65. The van der Waals surface area contributed by atoms with Crippen molar-refractivity contribution in [1.29, 1.82) is 0 Å². The SMILES string of the molecule is CCOCCn1c(CCNC(=O)c2cccc(OC)c2)nc2ccccc21. The van der Waals surface area contributed by atoms with Crippen molar-refractivity contribution in [1.82, 2.24) is 14.9 Å². The molecule has 1 heterocycles. The number of nitrogens with one attached hydrogen (secondary N) is 1. The van der Waals surface area contributed by atoms with Gasteiger partial charge in [-0.3, -0.25) is 4.79 Å². The van der Waals surface area contributed by atoms with Crippen LogP contribution in [-0.4, -0.2) is 42.3 Å². The van der Waals surface area contributed by atoms with Crippen LogP contribution in [0.4, 0.5) is 0 Å². The fourth-order valence-corrected chi connectivity index (χ4v) is 3.02. The Morgan fingerprint density at radius 2 is 2.04 bits per heavy atom. The van der Waals surface area contributed by atoms with E-state index in [4.69, 9.17) is 14.5 Å². The number of imidazole rings is 1. The van der Waals surface area contributed by atoms with Gasteiger partial charge in [0.1, 0.15) is 11.6 Å². The van der Waals surface area contributed by atoms with E-state index < -0.39 is 0 Å². The van der Waals surface area contributed by atoms with Crippen LogP contribution in [0.15, 0.2) is 48.5 Å². The van der Waals surface area contributed by atoms with E-state index in [2.05, 4.69) is 16.0 Å². The first-order valence-corrected chi connectivity index (χ1v) is 9.17. The van der Waals surface area contributed by atoms with Crippen molar-refractivity contribution in [2.24, 2.45) is 0 Å². The number of ether oxygens (including phenoxy) is 2. The summed E-state index contributed by atoms with van der Waals surface area (Å²) in [6.07, 6.45) is 0.649. The van der Waals surface area contributed by atoms with Gasteiger partial charge >= 0.3 is 0 Å². The van der Waals surface area contributed by atoms with Gasteiger partial charge < -0.3 is 19.4 Å². The second-order valence-electron chi connectivity index (χ2n) is 6.10. The van der Waals surface area contributed by atoms with Gasteiger partial charge in [-0.15, -0.1) is 0 Å². The minimum Gasteiger partial charge on any atom is -0.497 e. The van der Waals surface area contributed by atoms with Gasteiger partial charge in [0.15, 0.2) is 0 Å². The molecule has 0 saturated carbocycles. The van der Waals surface area contributed by atoms with Crippen LogP contribution in [0, 0.1) is 0 Å². The Morgan fingerprint density at radius 3 is 2.85 bits per heavy atom. The highest BCUT2D eigenvalue weighted by Gasteiger charge is 2.11. The van der Waals surface area contributed by atoms with Crippen molar-refractivity contribution in [3.8, 4) is 5.75 Å². The van der Waals surface area contributed by atoms with Gasteiger partial charge in [-0.2, -0.15) is 0 Å². The van der Waals surface area contributed by atoms with Crippen molar-refractivity contribution in [3.63, 3.8) is 0 Å². The molecule has 142 valence electrons. The Morgan fingerprint density at radius 1 is 1.19 bits per heavy atom. The molecule has 2 aromatic carbocycles. The fraction of sp³-hybridized carbons (Fsp3) is 0.333. The van der Waals surface area contributed by atoms with E-state index in [1.54, 1.807) is 25.3 Å². The zero-order chi connectivity index (χ0) is 19.1. The average Bonchev–Trinajstić information content (AvgIpc) is 3.06. The standard InChI is InChI=1S/C21H25N3O3/c1-3-27-14-13-24-19-10-5-4-9-18(19)23-20(24)11-12-22-21(25)16-7-6-8-17(15-16)26-2/h4-10,15H,3,11-14H2,1-2H3,(H,22,25). The highest BCUT2D eigenvalue weighted by atomic mass is 16.5. The molecule has 0 unspecified atom stereocenters. The normalized spacial score (nSPS) is 10.9. The molecule has 0 atom stereocenters. The Hall–Kier alpha value is -2.86. The van der Waals surface area contributed by atoms with Crippen molar-refractivity contribution >= 4 is 16.9 Å². The molecule has 3 rings (SSSR count). The summed E-state index contributed by atoms with van der Waals surface area (Å²) < 4.78 is 12.8. The van der Waals surface area contributed by atoms with E-state index >= 15 is 0 Å². The zero-order valence-electron chi connectivity index (χ0n) is 15.8. The molecule has 0 aliphatic carbocycles. The zero-order valence-corrected chi connectivity index (χ0v) is 15.8. The number of hydrogen-bond donors (Lipinski definition) is 1. The smallest absolute Gasteiger partial charge is 0.251 e. The molecule has 0 spiro atoms. The molecule has 0 saturated heterocycles. The summed E-state index contributed by atoms with van der Waals surface area (Å²) in [4.78, 5) is 17.1. The van der Waals surface area contributed by atoms with Gasteiger partial charge in [-0.25, -0.2) is 4.98 Å². The molecular weight excluding hydrogens is 342 g/mol. The number of aromatic nitrogens is 2. The number of carbonyl (C=O) groups is 1. The fourth-order valence-electron chi connectivity index (χ4n) is 3.02. The minimum atomic E-state index is -0.120. The van der Waals surface area contributed by atoms with Gasteiger partial charge in [-0.05, 0) is 37.3 Å². The number of nitrogens with zero attached hydrogens (tertiary/aromatic N) is 2. The van der Waals surface area contributed by atoms with Crippen LogP contribution in [0.5, 0.6) is 5.75 Å². The van der Waals surface area contributed by atoms with E-state index in [-0.39, 0.29) is 5.91 Å². The summed E-state index contributed by atoms with van der Waals surface area (Å²) in [6.45, 7) is 4.57. The van der Waals surface area contributed by atoms with Crippen molar-refractivity contribution < 1.29 is 14.3 Å². The maximum Gasteiger partial charge on any atom is 0.251 e.